The number of amides is 1. The molecule has 1 aliphatic carbocycles. The van der Waals surface area contributed by atoms with Crippen molar-refractivity contribution in [2.75, 3.05) is 7.11 Å². The van der Waals surface area contributed by atoms with Gasteiger partial charge >= 0.3 is 5.97 Å². The fraction of sp³-hybridized carbons (Fsp3) is 0.533. The van der Waals surface area contributed by atoms with E-state index in [1.165, 1.54) is 19.7 Å². The molecule has 1 saturated carbocycles. The van der Waals surface area contributed by atoms with Gasteiger partial charge in [-0.25, -0.2) is 4.79 Å². The van der Waals surface area contributed by atoms with Crippen LogP contribution in [0.25, 0.3) is 0 Å². The number of ether oxygens (including phenoxy) is 1. The average Bonchev–Trinajstić information content (AvgIpc) is 2.53. The maximum Gasteiger partial charge on any atom is 0.328 e. The van der Waals surface area contributed by atoms with Gasteiger partial charge in [0.15, 0.2) is 0 Å². The SMILES string of the molecule is COC(=O)[C@H](NC(=O)c1cccnc1)C1CCCCC1. The van der Waals surface area contributed by atoms with Crippen LogP contribution in [0.1, 0.15) is 42.5 Å². The van der Waals surface area contributed by atoms with E-state index in [9.17, 15) is 9.59 Å². The van der Waals surface area contributed by atoms with Crippen molar-refractivity contribution in [3.63, 3.8) is 0 Å². The zero-order chi connectivity index (χ0) is 14.4. The minimum Gasteiger partial charge on any atom is -0.467 e. The predicted molar refractivity (Wildman–Crippen MR) is 74.1 cm³/mol. The second kappa shape index (κ2) is 7.03. The van der Waals surface area contributed by atoms with Gasteiger partial charge in [-0.15, -0.1) is 0 Å². The molecule has 2 rings (SSSR count). The van der Waals surface area contributed by atoms with Crippen molar-refractivity contribution in [1.29, 1.82) is 0 Å². The average molecular weight is 276 g/mol. The Morgan fingerprint density at radius 2 is 2.10 bits per heavy atom. The first kappa shape index (κ1) is 14.5. The van der Waals surface area contributed by atoms with E-state index in [-0.39, 0.29) is 17.8 Å². The highest BCUT2D eigenvalue weighted by atomic mass is 16.5. The first-order chi connectivity index (χ1) is 9.72. The van der Waals surface area contributed by atoms with Gasteiger partial charge in [0.1, 0.15) is 6.04 Å². The van der Waals surface area contributed by atoms with E-state index in [4.69, 9.17) is 4.74 Å². The molecule has 0 bridgehead atoms. The Bertz CT molecular complexity index is 455. The molecule has 1 fully saturated rings. The zero-order valence-electron chi connectivity index (χ0n) is 11.7. The van der Waals surface area contributed by atoms with E-state index >= 15 is 0 Å². The first-order valence-electron chi connectivity index (χ1n) is 7.01. The van der Waals surface area contributed by atoms with Gasteiger partial charge in [0.25, 0.3) is 5.91 Å². The van der Waals surface area contributed by atoms with Crippen molar-refractivity contribution in [2.45, 2.75) is 38.1 Å². The summed E-state index contributed by atoms with van der Waals surface area (Å²) in [6.45, 7) is 0. The highest BCUT2D eigenvalue weighted by molar-refractivity contribution is 5.96. The standard InChI is InChI=1S/C15H20N2O3/c1-20-15(19)13(11-6-3-2-4-7-11)17-14(18)12-8-5-9-16-10-12/h5,8-11,13H,2-4,6-7H2,1H3,(H,17,18)/t13-/m1/s1. The highest BCUT2D eigenvalue weighted by Crippen LogP contribution is 2.27. The molecule has 1 aliphatic rings. The number of hydrogen-bond acceptors (Lipinski definition) is 4. The van der Waals surface area contributed by atoms with E-state index in [0.717, 1.165) is 25.7 Å². The van der Waals surface area contributed by atoms with E-state index in [1.807, 2.05) is 0 Å². The summed E-state index contributed by atoms with van der Waals surface area (Å²) in [5.41, 5.74) is 0.456. The predicted octanol–water partition coefficient (Wildman–Crippen LogP) is 1.93. The summed E-state index contributed by atoms with van der Waals surface area (Å²) in [6, 6.07) is 2.81. The summed E-state index contributed by atoms with van der Waals surface area (Å²) in [5, 5.41) is 2.80. The van der Waals surface area contributed by atoms with E-state index in [1.54, 1.807) is 18.3 Å². The normalized spacial score (nSPS) is 17.2. The molecule has 1 amide bonds. The zero-order valence-corrected chi connectivity index (χ0v) is 11.7. The molecule has 1 heterocycles. The maximum absolute atomic E-state index is 12.2. The summed E-state index contributed by atoms with van der Waals surface area (Å²) in [5.74, 6) is -0.481. The second-order valence-electron chi connectivity index (χ2n) is 5.11. The molecule has 108 valence electrons. The summed E-state index contributed by atoms with van der Waals surface area (Å²) in [6.07, 6.45) is 8.39. The van der Waals surface area contributed by atoms with Crippen molar-refractivity contribution in [1.82, 2.24) is 10.3 Å². The van der Waals surface area contributed by atoms with E-state index in [2.05, 4.69) is 10.3 Å². The van der Waals surface area contributed by atoms with Crippen molar-refractivity contribution >= 4 is 11.9 Å². The molecule has 5 nitrogen and oxygen atoms in total. The molecule has 0 spiro atoms. The number of pyridine rings is 1. The minimum absolute atomic E-state index is 0.164. The lowest BCUT2D eigenvalue weighted by Crippen LogP contribution is -2.47. The molecule has 0 aliphatic heterocycles. The van der Waals surface area contributed by atoms with Crippen LogP contribution in [0.4, 0.5) is 0 Å². The summed E-state index contributed by atoms with van der Waals surface area (Å²) >= 11 is 0. The molecule has 0 saturated heterocycles. The molecule has 0 radical (unpaired) electrons. The number of aromatic nitrogens is 1. The maximum atomic E-state index is 12.2. The lowest BCUT2D eigenvalue weighted by Gasteiger charge is -2.28. The number of nitrogens with zero attached hydrogens (tertiary/aromatic N) is 1. The Morgan fingerprint density at radius 1 is 1.35 bits per heavy atom. The Labute approximate surface area is 118 Å². The van der Waals surface area contributed by atoms with Gasteiger partial charge in [-0.05, 0) is 30.9 Å². The van der Waals surface area contributed by atoms with Gasteiger partial charge in [-0.3, -0.25) is 9.78 Å². The van der Waals surface area contributed by atoms with Gasteiger partial charge in [0.2, 0.25) is 0 Å². The van der Waals surface area contributed by atoms with Crippen LogP contribution in [0.15, 0.2) is 24.5 Å². The quantitative estimate of drug-likeness (QED) is 0.853. The molecular weight excluding hydrogens is 256 g/mol. The fourth-order valence-electron chi connectivity index (χ4n) is 2.69. The first-order valence-corrected chi connectivity index (χ1v) is 7.01. The van der Waals surface area contributed by atoms with Gasteiger partial charge in [0.05, 0.1) is 12.7 Å². The number of esters is 1. The number of rotatable bonds is 4. The molecule has 1 aromatic heterocycles. The number of carbonyl (C=O) groups excluding carboxylic acids is 2. The van der Waals surface area contributed by atoms with E-state index in [0.29, 0.717) is 5.56 Å². The molecule has 20 heavy (non-hydrogen) atoms. The topological polar surface area (TPSA) is 68.3 Å². The van der Waals surface area contributed by atoms with Crippen LogP contribution >= 0.6 is 0 Å². The third kappa shape index (κ3) is 3.56. The fourth-order valence-corrected chi connectivity index (χ4v) is 2.69. The van der Waals surface area contributed by atoms with Gasteiger partial charge < -0.3 is 10.1 Å². The smallest absolute Gasteiger partial charge is 0.328 e. The van der Waals surface area contributed by atoms with Crippen LogP contribution in [0.2, 0.25) is 0 Å². The van der Waals surface area contributed by atoms with Gasteiger partial charge in [0, 0.05) is 12.4 Å². The second-order valence-corrected chi connectivity index (χ2v) is 5.11. The van der Waals surface area contributed by atoms with Crippen molar-refractivity contribution < 1.29 is 14.3 Å². The Hall–Kier alpha value is -1.91. The van der Waals surface area contributed by atoms with Crippen LogP contribution in [0, 0.1) is 5.92 Å². The van der Waals surface area contributed by atoms with Gasteiger partial charge in [-0.1, -0.05) is 19.3 Å². The Balaban J connectivity index is 2.07. The third-order valence-electron chi connectivity index (χ3n) is 3.79. The van der Waals surface area contributed by atoms with Crippen LogP contribution < -0.4 is 5.32 Å². The molecule has 1 atom stereocenters. The molecule has 5 heteroatoms. The number of hydrogen-bond donors (Lipinski definition) is 1. The lowest BCUT2D eigenvalue weighted by atomic mass is 9.83. The molecule has 1 N–H and O–H groups in total. The molecular formula is C15H20N2O3. The molecule has 0 unspecified atom stereocenters. The summed E-state index contributed by atoms with van der Waals surface area (Å²) in [4.78, 5) is 28.0. The van der Waals surface area contributed by atoms with Crippen LogP contribution in [0.3, 0.4) is 0 Å². The molecule has 1 aromatic rings. The molecule has 0 aromatic carbocycles. The summed E-state index contributed by atoms with van der Waals surface area (Å²) in [7, 11) is 1.36. The van der Waals surface area contributed by atoms with Crippen LogP contribution in [-0.2, 0) is 9.53 Å². The number of carbonyl (C=O) groups is 2. The largest absolute Gasteiger partial charge is 0.467 e. The lowest BCUT2D eigenvalue weighted by molar-refractivity contribution is -0.144. The highest BCUT2D eigenvalue weighted by Gasteiger charge is 2.31. The Morgan fingerprint density at radius 3 is 2.70 bits per heavy atom. The van der Waals surface area contributed by atoms with Crippen LogP contribution in [0.5, 0.6) is 0 Å². The van der Waals surface area contributed by atoms with Crippen molar-refractivity contribution in [3.8, 4) is 0 Å². The van der Waals surface area contributed by atoms with Crippen molar-refractivity contribution in [2.24, 2.45) is 5.92 Å². The monoisotopic (exact) mass is 276 g/mol. The number of nitrogens with one attached hydrogen (secondary N) is 1. The summed E-state index contributed by atoms with van der Waals surface area (Å²) < 4.78 is 4.83. The van der Waals surface area contributed by atoms with Gasteiger partial charge in [-0.2, -0.15) is 0 Å². The van der Waals surface area contributed by atoms with Crippen molar-refractivity contribution in [3.05, 3.63) is 30.1 Å². The number of methoxy groups -OCH3 is 1. The third-order valence-corrected chi connectivity index (χ3v) is 3.79. The minimum atomic E-state index is -0.562. The van der Waals surface area contributed by atoms with Crippen LogP contribution in [-0.4, -0.2) is 30.0 Å². The Kier molecular flexibility index (Phi) is 5.09. The van der Waals surface area contributed by atoms with E-state index < -0.39 is 6.04 Å².